The Bertz CT molecular complexity index is 841. The monoisotopic (exact) mass is 402 g/mol. The summed E-state index contributed by atoms with van der Waals surface area (Å²) in [5, 5.41) is 10.4. The number of aryl methyl sites for hydroxylation is 1. The lowest BCUT2D eigenvalue weighted by Gasteiger charge is -2.41. The van der Waals surface area contributed by atoms with Crippen molar-refractivity contribution >= 4 is 23.2 Å². The van der Waals surface area contributed by atoms with Gasteiger partial charge in [0.05, 0.1) is 5.69 Å². The predicted molar refractivity (Wildman–Crippen MR) is 107 cm³/mol. The molecule has 0 aliphatic carbocycles. The van der Waals surface area contributed by atoms with Crippen molar-refractivity contribution in [1.82, 2.24) is 30.4 Å². The van der Waals surface area contributed by atoms with Crippen molar-refractivity contribution in [3.63, 3.8) is 0 Å². The smallest absolute Gasteiger partial charge is 0.263 e. The summed E-state index contributed by atoms with van der Waals surface area (Å²) in [4.78, 5) is 31.9. The van der Waals surface area contributed by atoms with Crippen LogP contribution in [0.2, 0.25) is 0 Å². The van der Waals surface area contributed by atoms with Crippen LogP contribution in [-0.4, -0.2) is 57.7 Å². The fourth-order valence-electron chi connectivity index (χ4n) is 3.77. The molecule has 2 aliphatic heterocycles. The molecule has 9 heteroatoms. The number of carbonyl (C=O) groups is 2. The molecule has 2 fully saturated rings. The standard InChI is InChI=1S/C19H26N6O2S/c1-12-11-15(26)23-18(20-12)24-9-5-14(6-10-24)22-17(27)16-13(2)21-19(28-16)25-7-3-4-8-25/h3-4,7-8,12,14,18,20H,5-6,9-11H2,1-2H3,(H,22,27)(H,23,26). The van der Waals surface area contributed by atoms with Crippen molar-refractivity contribution in [1.29, 1.82) is 0 Å². The van der Waals surface area contributed by atoms with E-state index in [0.717, 1.165) is 36.8 Å². The van der Waals surface area contributed by atoms with Gasteiger partial charge in [0.1, 0.15) is 11.2 Å². The largest absolute Gasteiger partial charge is 0.348 e. The lowest BCUT2D eigenvalue weighted by atomic mass is 10.0. The quantitative estimate of drug-likeness (QED) is 0.715. The maximum absolute atomic E-state index is 12.8. The summed E-state index contributed by atoms with van der Waals surface area (Å²) in [5.41, 5.74) is 0.756. The van der Waals surface area contributed by atoms with Crippen LogP contribution < -0.4 is 16.0 Å². The predicted octanol–water partition coefficient (Wildman–Crippen LogP) is 1.22. The van der Waals surface area contributed by atoms with Gasteiger partial charge < -0.3 is 15.2 Å². The van der Waals surface area contributed by atoms with Crippen LogP contribution in [-0.2, 0) is 4.79 Å². The van der Waals surface area contributed by atoms with Crippen LogP contribution in [0.3, 0.4) is 0 Å². The highest BCUT2D eigenvalue weighted by molar-refractivity contribution is 7.16. The zero-order valence-corrected chi connectivity index (χ0v) is 17.0. The van der Waals surface area contributed by atoms with E-state index >= 15 is 0 Å². The molecule has 8 nitrogen and oxygen atoms in total. The molecule has 2 saturated heterocycles. The third kappa shape index (κ3) is 4.11. The fourth-order valence-corrected chi connectivity index (χ4v) is 4.71. The van der Waals surface area contributed by atoms with Crippen molar-refractivity contribution in [2.24, 2.45) is 0 Å². The molecule has 0 saturated carbocycles. The summed E-state index contributed by atoms with van der Waals surface area (Å²) in [6, 6.07) is 4.19. The van der Waals surface area contributed by atoms with Gasteiger partial charge in [0, 0.05) is 44.0 Å². The van der Waals surface area contributed by atoms with Crippen molar-refractivity contribution in [3.05, 3.63) is 35.1 Å². The molecule has 2 aromatic heterocycles. The van der Waals surface area contributed by atoms with E-state index in [-0.39, 0.29) is 30.2 Å². The first-order valence-electron chi connectivity index (χ1n) is 9.70. The topological polar surface area (TPSA) is 91.3 Å². The number of aromatic nitrogens is 2. The second-order valence-electron chi connectivity index (χ2n) is 7.53. The molecular weight excluding hydrogens is 376 g/mol. The lowest BCUT2D eigenvalue weighted by Crippen LogP contribution is -2.65. The van der Waals surface area contributed by atoms with Crippen LogP contribution in [0.4, 0.5) is 0 Å². The third-order valence-corrected chi connectivity index (χ3v) is 6.45. The normalized spacial score (nSPS) is 24.1. The third-order valence-electron chi connectivity index (χ3n) is 5.28. The summed E-state index contributed by atoms with van der Waals surface area (Å²) < 4.78 is 1.92. The summed E-state index contributed by atoms with van der Waals surface area (Å²) in [5.74, 6) is 0.0374. The zero-order chi connectivity index (χ0) is 19.7. The van der Waals surface area contributed by atoms with Gasteiger partial charge in [-0.05, 0) is 38.8 Å². The Kier molecular flexibility index (Phi) is 5.47. The number of likely N-dealkylation sites (tertiary alicyclic amines) is 1. The molecule has 2 unspecified atom stereocenters. The highest BCUT2D eigenvalue weighted by Crippen LogP contribution is 2.22. The molecule has 2 aliphatic rings. The number of thiazole rings is 1. The average Bonchev–Trinajstić information content (AvgIpc) is 3.31. The Morgan fingerprint density at radius 1 is 1.29 bits per heavy atom. The van der Waals surface area contributed by atoms with E-state index in [4.69, 9.17) is 0 Å². The van der Waals surface area contributed by atoms with Gasteiger partial charge in [-0.25, -0.2) is 4.98 Å². The first kappa shape index (κ1) is 19.1. The minimum atomic E-state index is -0.110. The summed E-state index contributed by atoms with van der Waals surface area (Å²) in [7, 11) is 0. The molecule has 0 spiro atoms. The molecule has 150 valence electrons. The van der Waals surface area contributed by atoms with E-state index in [1.807, 2.05) is 42.9 Å². The number of nitrogens with zero attached hydrogens (tertiary/aromatic N) is 3. The molecule has 2 amide bonds. The van der Waals surface area contributed by atoms with Crippen molar-refractivity contribution in [2.75, 3.05) is 13.1 Å². The minimum absolute atomic E-state index is 0.0513. The average molecular weight is 403 g/mol. The first-order valence-corrected chi connectivity index (χ1v) is 10.5. The van der Waals surface area contributed by atoms with Crippen molar-refractivity contribution < 1.29 is 9.59 Å². The fraction of sp³-hybridized carbons (Fsp3) is 0.526. The van der Waals surface area contributed by atoms with Gasteiger partial charge in [0.2, 0.25) is 5.91 Å². The van der Waals surface area contributed by atoms with Crippen LogP contribution in [0, 0.1) is 6.92 Å². The number of rotatable bonds is 4. The Labute approximate surface area is 168 Å². The molecular formula is C19H26N6O2S. The van der Waals surface area contributed by atoms with E-state index in [1.165, 1.54) is 11.3 Å². The molecule has 4 rings (SSSR count). The summed E-state index contributed by atoms with van der Waals surface area (Å²) in [6.45, 7) is 5.55. The summed E-state index contributed by atoms with van der Waals surface area (Å²) in [6.07, 6.45) is 5.97. The van der Waals surface area contributed by atoms with Gasteiger partial charge in [0.25, 0.3) is 5.91 Å². The SMILES string of the molecule is Cc1nc(-n2cccc2)sc1C(=O)NC1CCN(C2NC(=O)CC(C)N2)CC1. The Morgan fingerprint density at radius 3 is 2.68 bits per heavy atom. The van der Waals surface area contributed by atoms with Crippen molar-refractivity contribution in [2.45, 2.75) is 51.5 Å². The molecule has 2 atom stereocenters. The highest BCUT2D eigenvalue weighted by atomic mass is 32.1. The lowest BCUT2D eigenvalue weighted by molar-refractivity contribution is -0.127. The maximum Gasteiger partial charge on any atom is 0.263 e. The number of piperidine rings is 1. The van der Waals surface area contributed by atoms with Crippen LogP contribution >= 0.6 is 11.3 Å². The second-order valence-corrected chi connectivity index (χ2v) is 8.50. The highest BCUT2D eigenvalue weighted by Gasteiger charge is 2.31. The maximum atomic E-state index is 12.8. The Hall–Kier alpha value is -2.23. The van der Waals surface area contributed by atoms with Gasteiger partial charge in [-0.2, -0.15) is 0 Å². The molecule has 2 aromatic rings. The number of hydrogen-bond donors (Lipinski definition) is 3. The van der Waals surface area contributed by atoms with Crippen LogP contribution in [0.1, 0.15) is 41.6 Å². The van der Waals surface area contributed by atoms with Gasteiger partial charge in [-0.3, -0.25) is 19.8 Å². The zero-order valence-electron chi connectivity index (χ0n) is 16.1. The van der Waals surface area contributed by atoms with Crippen LogP contribution in [0.25, 0.3) is 5.13 Å². The van der Waals surface area contributed by atoms with Gasteiger partial charge in [0.15, 0.2) is 5.13 Å². The molecule has 0 radical (unpaired) electrons. The molecule has 4 heterocycles. The molecule has 28 heavy (non-hydrogen) atoms. The number of nitrogens with one attached hydrogen (secondary N) is 3. The number of hydrogen-bond acceptors (Lipinski definition) is 6. The molecule has 0 bridgehead atoms. The van der Waals surface area contributed by atoms with Gasteiger partial charge in [-0.1, -0.05) is 11.3 Å². The Balaban J connectivity index is 1.32. The van der Waals surface area contributed by atoms with E-state index in [1.54, 1.807) is 0 Å². The van der Waals surface area contributed by atoms with Gasteiger partial charge >= 0.3 is 0 Å². The first-order chi connectivity index (χ1) is 13.5. The molecule has 0 aromatic carbocycles. The molecule has 3 N–H and O–H groups in total. The second kappa shape index (κ2) is 8.02. The van der Waals surface area contributed by atoms with E-state index in [0.29, 0.717) is 11.3 Å². The number of amides is 2. The van der Waals surface area contributed by atoms with E-state index < -0.39 is 0 Å². The van der Waals surface area contributed by atoms with Gasteiger partial charge in [-0.15, -0.1) is 0 Å². The van der Waals surface area contributed by atoms with Crippen molar-refractivity contribution in [3.8, 4) is 5.13 Å². The Morgan fingerprint density at radius 2 is 2.00 bits per heavy atom. The summed E-state index contributed by atoms with van der Waals surface area (Å²) >= 11 is 1.41. The van der Waals surface area contributed by atoms with E-state index in [9.17, 15) is 9.59 Å². The number of carbonyl (C=O) groups excluding carboxylic acids is 2. The van der Waals surface area contributed by atoms with Crippen LogP contribution in [0.15, 0.2) is 24.5 Å². The minimum Gasteiger partial charge on any atom is -0.348 e. The van der Waals surface area contributed by atoms with Crippen LogP contribution in [0.5, 0.6) is 0 Å². The van der Waals surface area contributed by atoms with E-state index in [2.05, 4.69) is 25.8 Å².